The molecule has 0 heterocycles. The highest BCUT2D eigenvalue weighted by Crippen LogP contribution is 2.38. The summed E-state index contributed by atoms with van der Waals surface area (Å²) >= 11 is 5.22. The Morgan fingerprint density at radius 1 is 1.42 bits per heavy atom. The fourth-order valence-electron chi connectivity index (χ4n) is 1.85. The molecule has 1 aromatic carbocycles. The summed E-state index contributed by atoms with van der Waals surface area (Å²) in [5.74, 6) is 0.518. The van der Waals surface area contributed by atoms with Gasteiger partial charge in [0.15, 0.2) is 0 Å². The first kappa shape index (κ1) is 20.8. The maximum absolute atomic E-state index is 11.1. The minimum atomic E-state index is -3.06. The largest absolute Gasteiger partial charge is 0.469 e. The van der Waals surface area contributed by atoms with E-state index in [1.807, 2.05) is 37.3 Å². The first-order chi connectivity index (χ1) is 11.4. The summed E-state index contributed by atoms with van der Waals surface area (Å²) in [5, 5.41) is 6.12. The van der Waals surface area contributed by atoms with Crippen LogP contribution in [0.5, 0.6) is 0 Å². The summed E-state index contributed by atoms with van der Waals surface area (Å²) in [7, 11) is 1.35. The van der Waals surface area contributed by atoms with Crippen LogP contribution in [0, 0.1) is 5.92 Å². The van der Waals surface area contributed by atoms with Crippen LogP contribution < -0.4 is 10.4 Å². The summed E-state index contributed by atoms with van der Waals surface area (Å²) in [6, 6.07) is 9.66. The molecule has 24 heavy (non-hydrogen) atoms. The van der Waals surface area contributed by atoms with E-state index in [9.17, 15) is 9.69 Å². The second-order valence-corrected chi connectivity index (χ2v) is 8.55. The smallest absolute Gasteiger partial charge is 0.305 e. The predicted octanol–water partition coefficient (Wildman–Crippen LogP) is 3.30. The highest BCUT2D eigenvalue weighted by atomic mass is 32.4. The third-order valence-electron chi connectivity index (χ3n) is 3.47. The van der Waals surface area contributed by atoms with Crippen LogP contribution in [0.1, 0.15) is 33.1 Å². The van der Waals surface area contributed by atoms with E-state index in [-0.39, 0.29) is 18.3 Å². The minimum Gasteiger partial charge on any atom is -0.469 e. The molecule has 1 aromatic rings. The normalized spacial score (nSPS) is 15.4. The van der Waals surface area contributed by atoms with Gasteiger partial charge in [0.05, 0.1) is 7.11 Å². The first-order valence-corrected chi connectivity index (χ1v) is 10.7. The van der Waals surface area contributed by atoms with Crippen molar-refractivity contribution < 1.29 is 14.4 Å². The lowest BCUT2D eigenvalue weighted by molar-refractivity contribution is -0.140. The SMILES string of the molecule is CC[C@H](C)C(=NP(O)(=S)NCCCC(=O)OC)Nc1ccccc1. The number of carbonyl (C=O) groups excluding carboxylic acids is 1. The molecule has 0 aliphatic carbocycles. The second kappa shape index (κ2) is 10.6. The molecule has 0 spiro atoms. The van der Waals surface area contributed by atoms with Gasteiger partial charge in [-0.2, -0.15) is 4.76 Å². The van der Waals surface area contributed by atoms with Gasteiger partial charge in [0.2, 0.25) is 6.57 Å². The molecule has 0 fully saturated rings. The molecule has 1 unspecified atom stereocenters. The zero-order valence-corrected chi connectivity index (χ0v) is 16.1. The van der Waals surface area contributed by atoms with Crippen molar-refractivity contribution in [2.45, 2.75) is 33.1 Å². The van der Waals surface area contributed by atoms with Crippen molar-refractivity contribution >= 4 is 35.9 Å². The maximum Gasteiger partial charge on any atom is 0.305 e. The van der Waals surface area contributed by atoms with Crippen molar-refractivity contribution in [2.24, 2.45) is 10.7 Å². The molecule has 8 heteroatoms. The molecule has 134 valence electrons. The number of esters is 1. The third kappa shape index (κ3) is 8.02. The zero-order chi connectivity index (χ0) is 18.0. The molecule has 3 N–H and O–H groups in total. The number of para-hydroxylation sites is 1. The Kier molecular flexibility index (Phi) is 9.14. The van der Waals surface area contributed by atoms with Crippen molar-refractivity contribution in [1.29, 1.82) is 0 Å². The number of hydrogen-bond donors (Lipinski definition) is 3. The lowest BCUT2D eigenvalue weighted by atomic mass is 10.1. The Labute approximate surface area is 148 Å². The molecule has 0 amide bonds. The number of hydrogen-bond acceptors (Lipinski definition) is 3. The highest BCUT2D eigenvalue weighted by Gasteiger charge is 2.16. The van der Waals surface area contributed by atoms with Crippen LogP contribution in [-0.4, -0.2) is 30.4 Å². The molecular formula is C16H26N3O3PS. The molecule has 0 radical (unpaired) electrons. The van der Waals surface area contributed by atoms with Crippen LogP contribution in [-0.2, 0) is 21.3 Å². The van der Waals surface area contributed by atoms with Gasteiger partial charge < -0.3 is 14.9 Å². The van der Waals surface area contributed by atoms with Crippen LogP contribution in [0.25, 0.3) is 0 Å². The summed E-state index contributed by atoms with van der Waals surface area (Å²) in [6.07, 6.45) is 1.69. The van der Waals surface area contributed by atoms with Crippen molar-refractivity contribution in [2.75, 3.05) is 19.0 Å². The number of benzene rings is 1. The van der Waals surface area contributed by atoms with E-state index in [1.165, 1.54) is 7.11 Å². The van der Waals surface area contributed by atoms with Gasteiger partial charge in [-0.05, 0) is 36.8 Å². The fraction of sp³-hybridized carbons (Fsp3) is 0.500. The number of methoxy groups -OCH3 is 1. The van der Waals surface area contributed by atoms with E-state index in [0.717, 1.165) is 12.1 Å². The Bertz CT molecular complexity index is 595. The average Bonchev–Trinajstić information content (AvgIpc) is 2.57. The molecule has 1 rings (SSSR count). The second-order valence-electron chi connectivity index (χ2n) is 5.42. The maximum atomic E-state index is 11.1. The zero-order valence-electron chi connectivity index (χ0n) is 14.4. The highest BCUT2D eigenvalue weighted by molar-refractivity contribution is 8.10. The van der Waals surface area contributed by atoms with Crippen molar-refractivity contribution in [1.82, 2.24) is 5.09 Å². The summed E-state index contributed by atoms with van der Waals surface area (Å²) < 4.78 is 8.95. The molecule has 0 saturated carbocycles. The average molecular weight is 371 g/mol. The fourth-order valence-corrected chi connectivity index (χ4v) is 3.45. The van der Waals surface area contributed by atoms with Gasteiger partial charge >= 0.3 is 5.97 Å². The van der Waals surface area contributed by atoms with Gasteiger partial charge in [0.25, 0.3) is 0 Å². The molecule has 0 aliphatic rings. The minimum absolute atomic E-state index is 0.136. The van der Waals surface area contributed by atoms with E-state index in [4.69, 9.17) is 11.8 Å². The van der Waals surface area contributed by atoms with Gasteiger partial charge in [-0.15, -0.1) is 0 Å². The third-order valence-corrected chi connectivity index (χ3v) is 5.23. The first-order valence-electron chi connectivity index (χ1n) is 7.95. The van der Waals surface area contributed by atoms with E-state index < -0.39 is 6.57 Å². The van der Waals surface area contributed by atoms with Crippen LogP contribution in [0.2, 0.25) is 0 Å². The predicted molar refractivity (Wildman–Crippen MR) is 103 cm³/mol. The van der Waals surface area contributed by atoms with Crippen LogP contribution in [0.3, 0.4) is 0 Å². The molecular weight excluding hydrogens is 345 g/mol. The number of nitrogens with one attached hydrogen (secondary N) is 2. The van der Waals surface area contributed by atoms with Crippen molar-refractivity contribution in [3.63, 3.8) is 0 Å². The van der Waals surface area contributed by atoms with E-state index in [1.54, 1.807) is 0 Å². The quantitative estimate of drug-likeness (QED) is 0.203. The van der Waals surface area contributed by atoms with Crippen molar-refractivity contribution in [3.05, 3.63) is 30.3 Å². The lowest BCUT2D eigenvalue weighted by Gasteiger charge is -2.19. The van der Waals surface area contributed by atoms with Crippen LogP contribution in [0.15, 0.2) is 35.1 Å². The van der Waals surface area contributed by atoms with Crippen molar-refractivity contribution in [3.8, 4) is 0 Å². The Morgan fingerprint density at radius 3 is 2.67 bits per heavy atom. The van der Waals surface area contributed by atoms with Gasteiger partial charge in [-0.3, -0.25) is 4.79 Å². The number of amidine groups is 1. The standard InChI is InChI=1S/C16H26N3O3PS/c1-4-13(2)16(18-14-9-6-5-7-10-14)19-23(21,24)17-12-8-11-15(20)22-3/h5-7,9-10,13H,4,8,11-12H2,1-3H3,(H3,17,18,19,21,24)/t13-,23?/m0/s1. The van der Waals surface area contributed by atoms with Gasteiger partial charge in [0, 0.05) is 24.6 Å². The molecule has 0 bridgehead atoms. The molecule has 0 aliphatic heterocycles. The number of ether oxygens (including phenoxy) is 1. The topological polar surface area (TPSA) is 83.0 Å². The molecule has 2 atom stereocenters. The monoisotopic (exact) mass is 371 g/mol. The number of anilines is 1. The Hall–Kier alpha value is -1.27. The lowest BCUT2D eigenvalue weighted by Crippen LogP contribution is -2.22. The Morgan fingerprint density at radius 2 is 2.08 bits per heavy atom. The number of rotatable bonds is 9. The molecule has 0 aromatic heterocycles. The van der Waals surface area contributed by atoms with Gasteiger partial charge in [-0.25, -0.2) is 5.09 Å². The van der Waals surface area contributed by atoms with Gasteiger partial charge in [0.1, 0.15) is 5.84 Å². The molecule has 6 nitrogen and oxygen atoms in total. The van der Waals surface area contributed by atoms with E-state index >= 15 is 0 Å². The van der Waals surface area contributed by atoms with E-state index in [2.05, 4.69) is 26.8 Å². The Balaban J connectivity index is 2.72. The summed E-state index contributed by atoms with van der Waals surface area (Å²) in [6.45, 7) is 1.43. The summed E-state index contributed by atoms with van der Waals surface area (Å²) in [4.78, 5) is 21.5. The number of nitrogens with zero attached hydrogens (tertiary/aromatic N) is 1. The van der Waals surface area contributed by atoms with Crippen LogP contribution >= 0.6 is 6.57 Å². The number of carbonyl (C=O) groups is 1. The summed E-state index contributed by atoms with van der Waals surface area (Å²) in [5.41, 5.74) is 0.900. The van der Waals surface area contributed by atoms with Crippen LogP contribution in [0.4, 0.5) is 5.69 Å². The van der Waals surface area contributed by atoms with Gasteiger partial charge in [-0.1, -0.05) is 32.0 Å². The molecule has 0 saturated heterocycles. The van der Waals surface area contributed by atoms with E-state index in [0.29, 0.717) is 18.8 Å².